The summed E-state index contributed by atoms with van der Waals surface area (Å²) in [6.45, 7) is 0. The molecule has 1 aromatic rings. The van der Waals surface area contributed by atoms with Gasteiger partial charge in [0.1, 0.15) is 5.56 Å². The molecule has 0 heterocycles. The molecule has 0 aromatic heterocycles. The maximum atomic E-state index is 11.6. The summed E-state index contributed by atoms with van der Waals surface area (Å²) in [4.78, 5) is 11.6. The Kier molecular flexibility index (Phi) is 4.50. The molecule has 0 bridgehead atoms. The number of hydrogen-bond donors (Lipinski definition) is 1. The lowest BCUT2D eigenvalue weighted by Gasteiger charge is -2.08. The number of sulfone groups is 1. The SMILES string of the molecule is CS(=O)(=O)COC(=O)c1ccccc1OS(N)(=O)=O. The highest BCUT2D eigenvalue weighted by Crippen LogP contribution is 2.20. The standard InChI is InChI=1S/C9H11NO7S2/c1-18(12,13)6-16-9(11)7-4-2-3-5-8(7)17-19(10,14)15/h2-5H,6H2,1H3,(H2,10,14,15). The number of carbonyl (C=O) groups is 1. The Morgan fingerprint density at radius 3 is 2.32 bits per heavy atom. The molecule has 0 atom stereocenters. The van der Waals surface area contributed by atoms with Crippen LogP contribution < -0.4 is 9.32 Å². The van der Waals surface area contributed by atoms with Gasteiger partial charge in [-0.1, -0.05) is 12.1 Å². The molecular weight excluding hydrogens is 298 g/mol. The summed E-state index contributed by atoms with van der Waals surface area (Å²) in [5.41, 5.74) is -0.250. The van der Waals surface area contributed by atoms with Crippen LogP contribution >= 0.6 is 0 Å². The Hall–Kier alpha value is -1.65. The van der Waals surface area contributed by atoms with Gasteiger partial charge in [-0.05, 0) is 12.1 Å². The third-order valence-corrected chi connectivity index (χ3v) is 2.67. The average Bonchev–Trinajstić information content (AvgIpc) is 2.23. The zero-order valence-corrected chi connectivity index (χ0v) is 11.4. The van der Waals surface area contributed by atoms with Crippen LogP contribution in [0.5, 0.6) is 5.75 Å². The van der Waals surface area contributed by atoms with Crippen molar-refractivity contribution >= 4 is 26.1 Å². The summed E-state index contributed by atoms with van der Waals surface area (Å²) < 4.78 is 52.2. The lowest BCUT2D eigenvalue weighted by atomic mass is 10.2. The van der Waals surface area contributed by atoms with E-state index in [1.165, 1.54) is 24.3 Å². The number of esters is 1. The number of hydrogen-bond acceptors (Lipinski definition) is 7. The van der Waals surface area contributed by atoms with Crippen molar-refractivity contribution in [2.75, 3.05) is 12.2 Å². The van der Waals surface area contributed by atoms with Gasteiger partial charge in [-0.2, -0.15) is 13.6 Å². The van der Waals surface area contributed by atoms with Crippen molar-refractivity contribution in [3.05, 3.63) is 29.8 Å². The Morgan fingerprint density at radius 1 is 1.21 bits per heavy atom. The van der Waals surface area contributed by atoms with E-state index in [1.54, 1.807) is 0 Å². The molecule has 10 heteroatoms. The van der Waals surface area contributed by atoms with Gasteiger partial charge in [-0.25, -0.2) is 13.2 Å². The minimum Gasteiger partial charge on any atom is -0.446 e. The van der Waals surface area contributed by atoms with E-state index in [4.69, 9.17) is 0 Å². The van der Waals surface area contributed by atoms with Crippen molar-refractivity contribution in [1.29, 1.82) is 0 Å². The molecule has 19 heavy (non-hydrogen) atoms. The molecule has 8 nitrogen and oxygen atoms in total. The fourth-order valence-corrected chi connectivity index (χ4v) is 1.79. The molecule has 0 fully saturated rings. The molecule has 2 N–H and O–H groups in total. The Labute approximate surface area is 110 Å². The Morgan fingerprint density at radius 2 is 1.79 bits per heavy atom. The first-order valence-electron chi connectivity index (χ1n) is 4.74. The topological polar surface area (TPSA) is 130 Å². The fourth-order valence-electron chi connectivity index (χ4n) is 1.07. The van der Waals surface area contributed by atoms with Crippen LogP contribution in [0.4, 0.5) is 0 Å². The summed E-state index contributed by atoms with van der Waals surface area (Å²) in [6.07, 6.45) is 0.882. The average molecular weight is 309 g/mol. The van der Waals surface area contributed by atoms with Crippen LogP contribution in [-0.2, 0) is 24.9 Å². The molecule has 0 spiro atoms. The fraction of sp³-hybridized carbons (Fsp3) is 0.222. The molecule has 1 aromatic carbocycles. The molecule has 0 radical (unpaired) electrons. The zero-order valence-electron chi connectivity index (χ0n) is 9.77. The Balaban J connectivity index is 2.97. The minimum atomic E-state index is -4.30. The van der Waals surface area contributed by atoms with E-state index in [0.717, 1.165) is 6.26 Å². The molecule has 0 amide bonds. The summed E-state index contributed by atoms with van der Waals surface area (Å²) >= 11 is 0. The molecule has 0 aliphatic heterocycles. The molecule has 0 saturated heterocycles. The monoisotopic (exact) mass is 309 g/mol. The highest BCUT2D eigenvalue weighted by molar-refractivity contribution is 7.90. The van der Waals surface area contributed by atoms with E-state index in [2.05, 4.69) is 14.1 Å². The number of ether oxygens (including phenoxy) is 1. The van der Waals surface area contributed by atoms with Gasteiger partial charge >= 0.3 is 16.3 Å². The van der Waals surface area contributed by atoms with Gasteiger partial charge in [-0.3, -0.25) is 0 Å². The number of benzene rings is 1. The van der Waals surface area contributed by atoms with E-state index in [0.29, 0.717) is 0 Å². The minimum absolute atomic E-state index is 0.250. The third kappa shape index (κ3) is 5.68. The lowest BCUT2D eigenvalue weighted by Crippen LogP contribution is -2.21. The van der Waals surface area contributed by atoms with Crippen LogP contribution in [-0.4, -0.2) is 35.0 Å². The smallest absolute Gasteiger partial charge is 0.380 e. The first-order chi connectivity index (χ1) is 8.58. The van der Waals surface area contributed by atoms with Crippen LogP contribution in [0.3, 0.4) is 0 Å². The van der Waals surface area contributed by atoms with Gasteiger partial charge < -0.3 is 8.92 Å². The number of rotatable bonds is 5. The Bertz CT molecular complexity index is 678. The molecule has 0 saturated carbocycles. The maximum Gasteiger partial charge on any atom is 0.380 e. The van der Waals surface area contributed by atoms with Crippen molar-refractivity contribution in [3.8, 4) is 5.75 Å². The molecule has 1 rings (SSSR count). The van der Waals surface area contributed by atoms with E-state index < -0.39 is 32.0 Å². The van der Waals surface area contributed by atoms with Gasteiger partial charge in [0.2, 0.25) is 0 Å². The van der Waals surface area contributed by atoms with Gasteiger partial charge in [0, 0.05) is 6.26 Å². The first kappa shape index (κ1) is 15.4. The van der Waals surface area contributed by atoms with Gasteiger partial charge in [0.15, 0.2) is 21.5 Å². The van der Waals surface area contributed by atoms with Crippen molar-refractivity contribution < 1.29 is 30.6 Å². The second kappa shape index (κ2) is 5.55. The zero-order chi connectivity index (χ0) is 14.7. The highest BCUT2D eigenvalue weighted by atomic mass is 32.2. The van der Waals surface area contributed by atoms with Crippen molar-refractivity contribution in [3.63, 3.8) is 0 Å². The molecule has 0 aliphatic rings. The third-order valence-electron chi connectivity index (χ3n) is 1.72. The number of nitrogens with two attached hydrogens (primary N) is 1. The molecular formula is C9H11NO7S2. The normalized spacial score (nSPS) is 11.9. The van der Waals surface area contributed by atoms with E-state index in [1.807, 2.05) is 0 Å². The van der Waals surface area contributed by atoms with Gasteiger partial charge in [0.25, 0.3) is 0 Å². The van der Waals surface area contributed by atoms with Gasteiger partial charge in [-0.15, -0.1) is 0 Å². The van der Waals surface area contributed by atoms with Crippen LogP contribution in [0.15, 0.2) is 24.3 Å². The van der Waals surface area contributed by atoms with Crippen molar-refractivity contribution in [2.24, 2.45) is 5.14 Å². The van der Waals surface area contributed by atoms with Crippen LogP contribution in [0.1, 0.15) is 10.4 Å². The second-order valence-electron chi connectivity index (χ2n) is 3.55. The summed E-state index contributed by atoms with van der Waals surface area (Å²) in [6, 6.07) is 5.23. The van der Waals surface area contributed by atoms with Crippen LogP contribution in [0, 0.1) is 0 Å². The van der Waals surface area contributed by atoms with Gasteiger partial charge in [0.05, 0.1) is 0 Å². The van der Waals surface area contributed by atoms with E-state index >= 15 is 0 Å². The lowest BCUT2D eigenvalue weighted by molar-refractivity contribution is 0.0570. The quantitative estimate of drug-likeness (QED) is 0.720. The maximum absolute atomic E-state index is 11.6. The van der Waals surface area contributed by atoms with Crippen LogP contribution in [0.2, 0.25) is 0 Å². The van der Waals surface area contributed by atoms with Crippen LogP contribution in [0.25, 0.3) is 0 Å². The highest BCUT2D eigenvalue weighted by Gasteiger charge is 2.18. The van der Waals surface area contributed by atoms with Crippen molar-refractivity contribution in [2.45, 2.75) is 0 Å². The van der Waals surface area contributed by atoms with E-state index in [9.17, 15) is 21.6 Å². The largest absolute Gasteiger partial charge is 0.446 e. The van der Waals surface area contributed by atoms with Crippen molar-refractivity contribution in [1.82, 2.24) is 0 Å². The summed E-state index contributed by atoms with van der Waals surface area (Å²) in [7, 11) is -7.80. The molecule has 0 aliphatic carbocycles. The predicted molar refractivity (Wildman–Crippen MR) is 65.3 cm³/mol. The number of carbonyl (C=O) groups excluding carboxylic acids is 1. The second-order valence-corrected chi connectivity index (χ2v) is 6.79. The molecule has 106 valence electrons. The van der Waals surface area contributed by atoms with E-state index in [-0.39, 0.29) is 11.3 Å². The number of para-hydroxylation sites is 1. The predicted octanol–water partition coefficient (Wildman–Crippen LogP) is -0.572. The summed E-state index contributed by atoms with van der Waals surface area (Å²) in [5.74, 6) is -2.21. The molecule has 0 unspecified atom stereocenters. The first-order valence-corrected chi connectivity index (χ1v) is 8.28. The summed E-state index contributed by atoms with van der Waals surface area (Å²) in [5, 5.41) is 4.68.